The van der Waals surface area contributed by atoms with E-state index in [1.54, 1.807) is 23.1 Å². The molecule has 2 aromatic carbocycles. The molecule has 1 heterocycles. The van der Waals surface area contributed by atoms with Crippen LogP contribution in [0.5, 0.6) is 0 Å². The quantitative estimate of drug-likeness (QED) is 0.918. The second kappa shape index (κ2) is 6.65. The highest BCUT2D eigenvalue weighted by atomic mass is 35.5. The fourth-order valence-electron chi connectivity index (χ4n) is 2.88. The van der Waals surface area contributed by atoms with Crippen molar-refractivity contribution in [2.24, 2.45) is 5.92 Å². The largest absolute Gasteiger partial charge is 0.326 e. The first-order chi connectivity index (χ1) is 11.4. The highest BCUT2D eigenvalue weighted by Crippen LogP contribution is 2.28. The van der Waals surface area contributed by atoms with Crippen LogP contribution in [0.15, 0.2) is 42.5 Å². The molecular formula is C19H19ClN2O2. The summed E-state index contributed by atoms with van der Waals surface area (Å²) in [5.74, 6) is -0.545. The topological polar surface area (TPSA) is 49.4 Å². The molecule has 0 aromatic heterocycles. The Morgan fingerprint density at radius 1 is 1.21 bits per heavy atom. The normalized spacial score (nSPS) is 17.2. The van der Waals surface area contributed by atoms with Crippen molar-refractivity contribution >= 4 is 34.8 Å². The number of aryl methyl sites for hydroxylation is 2. The van der Waals surface area contributed by atoms with Crippen LogP contribution in [0.2, 0.25) is 5.02 Å². The summed E-state index contributed by atoms with van der Waals surface area (Å²) in [7, 11) is 0. The van der Waals surface area contributed by atoms with E-state index in [1.807, 2.05) is 38.1 Å². The van der Waals surface area contributed by atoms with E-state index in [0.717, 1.165) is 22.5 Å². The molecule has 0 bridgehead atoms. The molecule has 1 N–H and O–H groups in total. The van der Waals surface area contributed by atoms with Gasteiger partial charge in [-0.2, -0.15) is 0 Å². The Morgan fingerprint density at radius 2 is 2.00 bits per heavy atom. The first-order valence-electron chi connectivity index (χ1n) is 7.88. The van der Waals surface area contributed by atoms with Crippen molar-refractivity contribution in [1.82, 2.24) is 0 Å². The van der Waals surface area contributed by atoms with Gasteiger partial charge in [-0.05, 0) is 49.2 Å². The molecule has 1 saturated heterocycles. The SMILES string of the molecule is Cc1ccc(C)c(NC(=O)[C@@H]2CC(=O)N(c3cccc(Cl)c3)C2)c1. The van der Waals surface area contributed by atoms with Gasteiger partial charge in [0.25, 0.3) is 0 Å². The lowest BCUT2D eigenvalue weighted by atomic mass is 10.1. The Labute approximate surface area is 146 Å². The standard InChI is InChI=1S/C19H19ClN2O2/c1-12-6-7-13(2)17(8-12)21-19(24)14-9-18(23)22(11-14)16-5-3-4-15(20)10-16/h3-8,10,14H,9,11H2,1-2H3,(H,21,24)/t14-/m1/s1. The van der Waals surface area contributed by atoms with Crippen LogP contribution >= 0.6 is 11.6 Å². The first kappa shape index (κ1) is 16.5. The predicted molar refractivity (Wildman–Crippen MR) is 96.5 cm³/mol. The number of carbonyl (C=O) groups is 2. The molecule has 0 spiro atoms. The van der Waals surface area contributed by atoms with E-state index < -0.39 is 0 Å². The maximum Gasteiger partial charge on any atom is 0.229 e. The van der Waals surface area contributed by atoms with E-state index in [9.17, 15) is 9.59 Å². The Balaban J connectivity index is 1.73. The van der Waals surface area contributed by atoms with Crippen LogP contribution in [-0.4, -0.2) is 18.4 Å². The Morgan fingerprint density at radius 3 is 2.75 bits per heavy atom. The Kier molecular flexibility index (Phi) is 4.58. The van der Waals surface area contributed by atoms with Crippen LogP contribution < -0.4 is 10.2 Å². The lowest BCUT2D eigenvalue weighted by Crippen LogP contribution is -2.28. The summed E-state index contributed by atoms with van der Waals surface area (Å²) in [5.41, 5.74) is 3.62. The Hall–Kier alpha value is -2.33. The lowest BCUT2D eigenvalue weighted by molar-refractivity contribution is -0.122. The smallest absolute Gasteiger partial charge is 0.229 e. The molecule has 3 rings (SSSR count). The second-order valence-electron chi connectivity index (χ2n) is 6.19. The van der Waals surface area contributed by atoms with Crippen molar-refractivity contribution in [1.29, 1.82) is 0 Å². The zero-order valence-electron chi connectivity index (χ0n) is 13.7. The van der Waals surface area contributed by atoms with Gasteiger partial charge >= 0.3 is 0 Å². The summed E-state index contributed by atoms with van der Waals surface area (Å²) >= 11 is 5.99. The van der Waals surface area contributed by atoms with Crippen LogP contribution in [0.25, 0.3) is 0 Å². The zero-order chi connectivity index (χ0) is 17.3. The molecule has 0 unspecified atom stereocenters. The average molecular weight is 343 g/mol. The summed E-state index contributed by atoms with van der Waals surface area (Å²) in [6.45, 7) is 4.30. The zero-order valence-corrected chi connectivity index (χ0v) is 14.4. The molecule has 5 heteroatoms. The van der Waals surface area contributed by atoms with Crippen LogP contribution in [0.3, 0.4) is 0 Å². The number of carbonyl (C=O) groups excluding carboxylic acids is 2. The maximum absolute atomic E-state index is 12.6. The van der Waals surface area contributed by atoms with Crippen LogP contribution in [-0.2, 0) is 9.59 Å². The molecule has 0 aliphatic carbocycles. The number of nitrogens with one attached hydrogen (secondary N) is 1. The van der Waals surface area contributed by atoms with Gasteiger partial charge in [-0.1, -0.05) is 29.8 Å². The minimum Gasteiger partial charge on any atom is -0.326 e. The molecular weight excluding hydrogens is 324 g/mol. The van der Waals surface area contributed by atoms with Crippen LogP contribution in [0.1, 0.15) is 17.5 Å². The van der Waals surface area contributed by atoms with Crippen molar-refractivity contribution in [3.05, 3.63) is 58.6 Å². The fourth-order valence-corrected chi connectivity index (χ4v) is 3.07. The number of rotatable bonds is 3. The molecule has 1 aliphatic heterocycles. The van der Waals surface area contributed by atoms with E-state index in [1.165, 1.54) is 0 Å². The van der Waals surface area contributed by atoms with Gasteiger partial charge in [-0.25, -0.2) is 0 Å². The molecule has 0 saturated carbocycles. The van der Waals surface area contributed by atoms with E-state index in [0.29, 0.717) is 11.6 Å². The molecule has 4 nitrogen and oxygen atoms in total. The first-order valence-corrected chi connectivity index (χ1v) is 8.26. The van der Waals surface area contributed by atoms with Gasteiger partial charge < -0.3 is 10.2 Å². The van der Waals surface area contributed by atoms with E-state index in [4.69, 9.17) is 11.6 Å². The molecule has 24 heavy (non-hydrogen) atoms. The summed E-state index contributed by atoms with van der Waals surface area (Å²) in [5, 5.41) is 3.53. The van der Waals surface area contributed by atoms with Crippen LogP contribution in [0, 0.1) is 19.8 Å². The molecule has 0 radical (unpaired) electrons. The second-order valence-corrected chi connectivity index (χ2v) is 6.63. The Bertz CT molecular complexity index is 804. The van der Waals surface area contributed by atoms with Crippen LogP contribution in [0.4, 0.5) is 11.4 Å². The summed E-state index contributed by atoms with van der Waals surface area (Å²) in [4.78, 5) is 26.5. The van der Waals surface area contributed by atoms with Gasteiger partial charge in [-0.15, -0.1) is 0 Å². The summed E-state index contributed by atoms with van der Waals surface area (Å²) in [6.07, 6.45) is 0.212. The number of benzene rings is 2. The third kappa shape index (κ3) is 3.44. The molecule has 1 atom stereocenters. The number of hydrogen-bond donors (Lipinski definition) is 1. The number of amides is 2. The number of hydrogen-bond acceptors (Lipinski definition) is 2. The van der Waals surface area contributed by atoms with Crippen molar-refractivity contribution in [3.63, 3.8) is 0 Å². The van der Waals surface area contributed by atoms with E-state index in [-0.39, 0.29) is 24.2 Å². The number of anilines is 2. The minimum atomic E-state index is -0.364. The molecule has 1 fully saturated rings. The molecule has 124 valence electrons. The van der Waals surface area contributed by atoms with Gasteiger partial charge in [0.05, 0.1) is 5.92 Å². The molecule has 2 amide bonds. The maximum atomic E-state index is 12.6. The van der Waals surface area contributed by atoms with Crippen molar-refractivity contribution in [2.45, 2.75) is 20.3 Å². The molecule has 2 aromatic rings. The third-order valence-electron chi connectivity index (χ3n) is 4.27. The van der Waals surface area contributed by atoms with Crippen molar-refractivity contribution in [3.8, 4) is 0 Å². The summed E-state index contributed by atoms with van der Waals surface area (Å²) < 4.78 is 0. The minimum absolute atomic E-state index is 0.0571. The van der Waals surface area contributed by atoms with E-state index in [2.05, 4.69) is 5.32 Å². The van der Waals surface area contributed by atoms with Gasteiger partial charge in [0.1, 0.15) is 0 Å². The van der Waals surface area contributed by atoms with Crippen molar-refractivity contribution < 1.29 is 9.59 Å². The average Bonchev–Trinajstić information content (AvgIpc) is 2.93. The van der Waals surface area contributed by atoms with Gasteiger partial charge in [0.15, 0.2) is 0 Å². The predicted octanol–water partition coefficient (Wildman–Crippen LogP) is 3.95. The van der Waals surface area contributed by atoms with Gasteiger partial charge in [0, 0.05) is 29.4 Å². The van der Waals surface area contributed by atoms with Crippen molar-refractivity contribution in [2.75, 3.05) is 16.8 Å². The van der Waals surface area contributed by atoms with Gasteiger partial charge in [-0.3, -0.25) is 9.59 Å². The molecule has 1 aliphatic rings. The number of nitrogens with zero attached hydrogens (tertiary/aromatic N) is 1. The highest BCUT2D eigenvalue weighted by molar-refractivity contribution is 6.31. The third-order valence-corrected chi connectivity index (χ3v) is 4.50. The van der Waals surface area contributed by atoms with Gasteiger partial charge in [0.2, 0.25) is 11.8 Å². The fraction of sp³-hybridized carbons (Fsp3) is 0.263. The lowest BCUT2D eigenvalue weighted by Gasteiger charge is -2.17. The monoisotopic (exact) mass is 342 g/mol. The van der Waals surface area contributed by atoms with E-state index >= 15 is 0 Å². The highest BCUT2D eigenvalue weighted by Gasteiger charge is 2.35. The number of halogens is 1. The summed E-state index contributed by atoms with van der Waals surface area (Å²) in [6, 6.07) is 13.1.